The highest BCUT2D eigenvalue weighted by Gasteiger charge is 2.31. The lowest BCUT2D eigenvalue weighted by molar-refractivity contribution is -0.135. The second-order valence-electron chi connectivity index (χ2n) is 5.93. The SMILES string of the molecule is CN1CCN(C(=O)CNC2CC2)C(c2ccccc2)C1. The van der Waals surface area contributed by atoms with Crippen LogP contribution < -0.4 is 5.32 Å². The Morgan fingerprint density at radius 3 is 2.70 bits per heavy atom. The summed E-state index contributed by atoms with van der Waals surface area (Å²) in [5.41, 5.74) is 1.24. The van der Waals surface area contributed by atoms with E-state index in [2.05, 4.69) is 41.5 Å². The molecule has 0 spiro atoms. The summed E-state index contributed by atoms with van der Waals surface area (Å²) in [6, 6.07) is 11.1. The van der Waals surface area contributed by atoms with Crippen molar-refractivity contribution in [1.29, 1.82) is 0 Å². The third-order valence-electron chi connectivity index (χ3n) is 4.21. The van der Waals surface area contributed by atoms with E-state index in [9.17, 15) is 4.79 Å². The Hall–Kier alpha value is -1.39. The maximum Gasteiger partial charge on any atom is 0.237 e. The quantitative estimate of drug-likeness (QED) is 0.897. The molecule has 1 unspecified atom stereocenters. The Morgan fingerprint density at radius 2 is 2.00 bits per heavy atom. The molecule has 1 heterocycles. The van der Waals surface area contributed by atoms with Gasteiger partial charge in [0.2, 0.25) is 5.91 Å². The lowest BCUT2D eigenvalue weighted by atomic mass is 10.0. The molecule has 2 fully saturated rings. The first-order valence-corrected chi connectivity index (χ1v) is 7.50. The van der Waals surface area contributed by atoms with Gasteiger partial charge >= 0.3 is 0 Å². The molecule has 1 aliphatic heterocycles. The average molecular weight is 273 g/mol. The van der Waals surface area contributed by atoms with Crippen LogP contribution in [0.3, 0.4) is 0 Å². The third kappa shape index (κ3) is 3.19. The number of hydrogen-bond acceptors (Lipinski definition) is 3. The Labute approximate surface area is 120 Å². The number of piperazine rings is 1. The number of nitrogens with zero attached hydrogens (tertiary/aromatic N) is 2. The first-order valence-electron chi connectivity index (χ1n) is 7.50. The number of hydrogen-bond donors (Lipinski definition) is 1. The number of nitrogens with one attached hydrogen (secondary N) is 1. The minimum Gasteiger partial charge on any atom is -0.332 e. The van der Waals surface area contributed by atoms with E-state index in [0.29, 0.717) is 12.6 Å². The molecule has 3 rings (SSSR count). The molecule has 1 N–H and O–H groups in total. The molecular weight excluding hydrogens is 250 g/mol. The van der Waals surface area contributed by atoms with E-state index in [1.54, 1.807) is 0 Å². The van der Waals surface area contributed by atoms with Gasteiger partial charge in [0.1, 0.15) is 0 Å². The van der Waals surface area contributed by atoms with Gasteiger partial charge in [-0.15, -0.1) is 0 Å². The topological polar surface area (TPSA) is 35.6 Å². The maximum absolute atomic E-state index is 12.5. The molecule has 0 radical (unpaired) electrons. The lowest BCUT2D eigenvalue weighted by Gasteiger charge is -2.40. The van der Waals surface area contributed by atoms with Crippen molar-refractivity contribution in [2.75, 3.05) is 33.2 Å². The summed E-state index contributed by atoms with van der Waals surface area (Å²) in [5.74, 6) is 0.235. The van der Waals surface area contributed by atoms with Crippen molar-refractivity contribution in [3.63, 3.8) is 0 Å². The van der Waals surface area contributed by atoms with Crippen LogP contribution in [0.25, 0.3) is 0 Å². The monoisotopic (exact) mass is 273 g/mol. The van der Waals surface area contributed by atoms with Crippen LogP contribution in [0.4, 0.5) is 0 Å². The Balaban J connectivity index is 1.70. The highest BCUT2D eigenvalue weighted by Crippen LogP contribution is 2.25. The average Bonchev–Trinajstić information content (AvgIpc) is 3.30. The van der Waals surface area contributed by atoms with Crippen molar-refractivity contribution >= 4 is 5.91 Å². The van der Waals surface area contributed by atoms with E-state index >= 15 is 0 Å². The fourth-order valence-corrected chi connectivity index (χ4v) is 2.80. The first kappa shape index (κ1) is 13.6. The van der Waals surface area contributed by atoms with E-state index in [4.69, 9.17) is 0 Å². The van der Waals surface area contributed by atoms with Gasteiger partial charge in [-0.1, -0.05) is 30.3 Å². The zero-order valence-corrected chi connectivity index (χ0v) is 12.1. The number of likely N-dealkylation sites (N-methyl/N-ethyl adjacent to an activating group) is 1. The molecule has 2 aliphatic rings. The number of amides is 1. The summed E-state index contributed by atoms with van der Waals surface area (Å²) in [4.78, 5) is 16.8. The molecule has 0 aromatic heterocycles. The Kier molecular flexibility index (Phi) is 4.03. The summed E-state index contributed by atoms with van der Waals surface area (Å²) in [6.07, 6.45) is 2.44. The molecular formula is C16H23N3O. The number of carbonyl (C=O) groups excluding carboxylic acids is 1. The van der Waals surface area contributed by atoms with Crippen molar-refractivity contribution in [1.82, 2.24) is 15.1 Å². The Bertz CT molecular complexity index is 458. The van der Waals surface area contributed by atoms with Crippen LogP contribution in [-0.2, 0) is 4.79 Å². The van der Waals surface area contributed by atoms with Gasteiger partial charge in [-0.25, -0.2) is 0 Å². The van der Waals surface area contributed by atoms with Gasteiger partial charge in [0.15, 0.2) is 0 Å². The van der Waals surface area contributed by atoms with Crippen molar-refractivity contribution in [2.24, 2.45) is 0 Å². The second-order valence-corrected chi connectivity index (χ2v) is 5.93. The molecule has 1 aromatic carbocycles. The summed E-state index contributed by atoms with van der Waals surface area (Å²) in [7, 11) is 2.13. The van der Waals surface area contributed by atoms with Crippen molar-refractivity contribution < 1.29 is 4.79 Å². The van der Waals surface area contributed by atoms with Gasteiger partial charge in [0, 0.05) is 25.7 Å². The standard InChI is InChI=1S/C16H23N3O/c1-18-9-10-19(16(20)11-17-14-7-8-14)15(12-18)13-5-3-2-4-6-13/h2-6,14-15,17H,7-12H2,1H3. The Morgan fingerprint density at radius 1 is 1.25 bits per heavy atom. The summed E-state index contributed by atoms with van der Waals surface area (Å²) < 4.78 is 0. The van der Waals surface area contributed by atoms with E-state index in [1.807, 2.05) is 11.0 Å². The molecule has 20 heavy (non-hydrogen) atoms. The number of benzene rings is 1. The van der Waals surface area contributed by atoms with Gasteiger partial charge < -0.3 is 15.1 Å². The van der Waals surface area contributed by atoms with E-state index in [1.165, 1.54) is 18.4 Å². The van der Waals surface area contributed by atoms with Gasteiger partial charge in [-0.2, -0.15) is 0 Å². The van der Waals surface area contributed by atoms with Crippen LogP contribution in [0, 0.1) is 0 Å². The largest absolute Gasteiger partial charge is 0.332 e. The van der Waals surface area contributed by atoms with Crippen LogP contribution >= 0.6 is 0 Å². The third-order valence-corrected chi connectivity index (χ3v) is 4.21. The van der Waals surface area contributed by atoms with Gasteiger partial charge in [-0.3, -0.25) is 4.79 Å². The zero-order chi connectivity index (χ0) is 13.9. The van der Waals surface area contributed by atoms with Gasteiger partial charge in [0.05, 0.1) is 12.6 Å². The molecule has 1 saturated heterocycles. The second kappa shape index (κ2) is 5.94. The van der Waals surface area contributed by atoms with Crippen LogP contribution in [0.15, 0.2) is 30.3 Å². The van der Waals surface area contributed by atoms with Gasteiger partial charge in [-0.05, 0) is 25.5 Å². The molecule has 4 heteroatoms. The molecule has 1 amide bonds. The molecule has 1 aliphatic carbocycles. The smallest absolute Gasteiger partial charge is 0.237 e. The minimum absolute atomic E-state index is 0.184. The summed E-state index contributed by atoms with van der Waals surface area (Å²) >= 11 is 0. The molecule has 1 saturated carbocycles. The number of rotatable bonds is 4. The fraction of sp³-hybridized carbons (Fsp3) is 0.562. The predicted octanol–water partition coefficient (Wildman–Crippen LogP) is 1.25. The zero-order valence-electron chi connectivity index (χ0n) is 12.1. The summed E-state index contributed by atoms with van der Waals surface area (Å²) in [6.45, 7) is 3.18. The molecule has 1 atom stereocenters. The minimum atomic E-state index is 0.184. The van der Waals surface area contributed by atoms with Crippen molar-refractivity contribution in [3.8, 4) is 0 Å². The van der Waals surface area contributed by atoms with Crippen LogP contribution in [0.2, 0.25) is 0 Å². The van der Waals surface area contributed by atoms with Crippen molar-refractivity contribution in [3.05, 3.63) is 35.9 Å². The predicted molar refractivity (Wildman–Crippen MR) is 79.4 cm³/mol. The van der Waals surface area contributed by atoms with E-state index in [-0.39, 0.29) is 11.9 Å². The normalized spacial score (nSPS) is 23.9. The van der Waals surface area contributed by atoms with E-state index < -0.39 is 0 Å². The van der Waals surface area contributed by atoms with Crippen molar-refractivity contribution in [2.45, 2.75) is 24.9 Å². The molecule has 108 valence electrons. The molecule has 4 nitrogen and oxygen atoms in total. The van der Waals surface area contributed by atoms with Crippen LogP contribution in [0.5, 0.6) is 0 Å². The van der Waals surface area contributed by atoms with E-state index in [0.717, 1.165) is 19.6 Å². The fourth-order valence-electron chi connectivity index (χ4n) is 2.80. The molecule has 1 aromatic rings. The lowest BCUT2D eigenvalue weighted by Crippen LogP contribution is -2.51. The van der Waals surface area contributed by atoms with Gasteiger partial charge in [0.25, 0.3) is 0 Å². The maximum atomic E-state index is 12.5. The molecule has 0 bridgehead atoms. The highest BCUT2D eigenvalue weighted by atomic mass is 16.2. The van der Waals surface area contributed by atoms with Crippen LogP contribution in [-0.4, -0.2) is 55.0 Å². The summed E-state index contributed by atoms with van der Waals surface area (Å²) in [5, 5.41) is 3.33. The van der Waals surface area contributed by atoms with Crippen LogP contribution in [0.1, 0.15) is 24.4 Å². The number of carbonyl (C=O) groups is 1. The highest BCUT2D eigenvalue weighted by molar-refractivity contribution is 5.79. The first-order chi connectivity index (χ1) is 9.74.